The molecule has 0 aliphatic carbocycles. The van der Waals surface area contributed by atoms with Crippen LogP contribution < -0.4 is 0 Å². The Morgan fingerprint density at radius 1 is 1.24 bits per heavy atom. The Labute approximate surface area is 131 Å². The standard InChI is InChI=1S/C12H22ClN5O2S/c1-3-17(4-2)21(19,20)18-7-5-15(6-8-18)11-16-10-12(13)9-14-16/h9-10H,3-8,11H2,1-2H3. The summed E-state index contributed by atoms with van der Waals surface area (Å²) >= 11 is 5.83. The predicted octanol–water partition coefficient (Wildman–Crippen LogP) is 0.698. The van der Waals surface area contributed by atoms with Gasteiger partial charge in [0.15, 0.2) is 0 Å². The summed E-state index contributed by atoms with van der Waals surface area (Å²) in [5.74, 6) is 0. The lowest BCUT2D eigenvalue weighted by Crippen LogP contribution is -2.53. The highest BCUT2D eigenvalue weighted by Gasteiger charge is 2.30. The second-order valence-electron chi connectivity index (χ2n) is 4.95. The molecule has 0 saturated carbocycles. The number of rotatable bonds is 6. The molecule has 2 rings (SSSR count). The minimum Gasteiger partial charge on any atom is -0.282 e. The van der Waals surface area contributed by atoms with Gasteiger partial charge in [-0.15, -0.1) is 0 Å². The van der Waals surface area contributed by atoms with Crippen LogP contribution in [0, 0.1) is 0 Å². The van der Waals surface area contributed by atoms with Crippen molar-refractivity contribution >= 4 is 21.8 Å². The maximum absolute atomic E-state index is 12.4. The lowest BCUT2D eigenvalue weighted by Gasteiger charge is -2.36. The van der Waals surface area contributed by atoms with E-state index in [9.17, 15) is 8.42 Å². The normalized spacial score (nSPS) is 18.5. The predicted molar refractivity (Wildman–Crippen MR) is 82.2 cm³/mol. The van der Waals surface area contributed by atoms with Crippen molar-refractivity contribution in [2.24, 2.45) is 0 Å². The molecule has 1 fully saturated rings. The van der Waals surface area contributed by atoms with Gasteiger partial charge in [0, 0.05) is 45.5 Å². The lowest BCUT2D eigenvalue weighted by molar-refractivity contribution is 0.141. The zero-order valence-corrected chi connectivity index (χ0v) is 14.0. The first-order valence-corrected chi connectivity index (χ1v) is 8.90. The van der Waals surface area contributed by atoms with E-state index in [0.717, 1.165) is 0 Å². The largest absolute Gasteiger partial charge is 0.282 e. The molecule has 1 saturated heterocycles. The van der Waals surface area contributed by atoms with Gasteiger partial charge in [-0.05, 0) is 0 Å². The van der Waals surface area contributed by atoms with E-state index in [1.54, 1.807) is 21.4 Å². The Kier molecular flexibility index (Phi) is 5.61. The molecule has 9 heteroatoms. The molecule has 0 aromatic carbocycles. The Balaban J connectivity index is 1.91. The maximum atomic E-state index is 12.4. The van der Waals surface area contributed by atoms with Gasteiger partial charge < -0.3 is 0 Å². The van der Waals surface area contributed by atoms with E-state index in [0.29, 0.717) is 51.0 Å². The molecule has 0 radical (unpaired) electrons. The number of aromatic nitrogens is 2. The average molecular weight is 336 g/mol. The molecule has 21 heavy (non-hydrogen) atoms. The smallest absolute Gasteiger partial charge is 0.282 e. The van der Waals surface area contributed by atoms with Gasteiger partial charge in [-0.3, -0.25) is 9.58 Å². The Morgan fingerprint density at radius 3 is 2.33 bits per heavy atom. The van der Waals surface area contributed by atoms with Crippen LogP contribution in [0.3, 0.4) is 0 Å². The summed E-state index contributed by atoms with van der Waals surface area (Å²) in [6.45, 7) is 7.76. The van der Waals surface area contributed by atoms with Crippen LogP contribution in [0.15, 0.2) is 12.4 Å². The second kappa shape index (κ2) is 7.06. The van der Waals surface area contributed by atoms with Gasteiger partial charge in [0.25, 0.3) is 10.2 Å². The minimum absolute atomic E-state index is 0.505. The SMILES string of the molecule is CCN(CC)S(=O)(=O)N1CCN(Cn2cc(Cl)cn2)CC1. The van der Waals surface area contributed by atoms with E-state index in [1.165, 1.54) is 4.31 Å². The van der Waals surface area contributed by atoms with Crippen LogP contribution in [0.5, 0.6) is 0 Å². The molecule has 0 unspecified atom stereocenters. The molecule has 0 spiro atoms. The molecule has 1 aliphatic rings. The summed E-state index contributed by atoms with van der Waals surface area (Å²) in [6, 6.07) is 0. The molecule has 0 amide bonds. The Hall–Kier alpha value is -0.670. The monoisotopic (exact) mass is 335 g/mol. The number of hydrogen-bond acceptors (Lipinski definition) is 4. The summed E-state index contributed by atoms with van der Waals surface area (Å²) in [7, 11) is -3.32. The molecular weight excluding hydrogens is 314 g/mol. The molecule has 1 aromatic heterocycles. The highest BCUT2D eigenvalue weighted by atomic mass is 35.5. The van der Waals surface area contributed by atoms with Crippen molar-refractivity contribution in [1.82, 2.24) is 23.3 Å². The van der Waals surface area contributed by atoms with Gasteiger partial charge in [-0.1, -0.05) is 25.4 Å². The van der Waals surface area contributed by atoms with Gasteiger partial charge in [0.2, 0.25) is 0 Å². The zero-order chi connectivity index (χ0) is 15.5. The third kappa shape index (κ3) is 3.95. The van der Waals surface area contributed by atoms with Gasteiger partial charge in [0.05, 0.1) is 17.9 Å². The van der Waals surface area contributed by atoms with E-state index >= 15 is 0 Å². The highest BCUT2D eigenvalue weighted by Crippen LogP contribution is 2.13. The Morgan fingerprint density at radius 2 is 1.86 bits per heavy atom. The zero-order valence-electron chi connectivity index (χ0n) is 12.4. The van der Waals surface area contributed by atoms with Crippen molar-refractivity contribution in [2.75, 3.05) is 39.3 Å². The van der Waals surface area contributed by atoms with E-state index in [-0.39, 0.29) is 0 Å². The maximum Gasteiger partial charge on any atom is 0.282 e. The van der Waals surface area contributed by atoms with E-state index in [2.05, 4.69) is 10.00 Å². The molecule has 1 aliphatic heterocycles. The first-order chi connectivity index (χ1) is 9.97. The fourth-order valence-electron chi connectivity index (χ4n) is 2.44. The van der Waals surface area contributed by atoms with Gasteiger partial charge in [-0.25, -0.2) is 0 Å². The molecule has 2 heterocycles. The average Bonchev–Trinajstić information content (AvgIpc) is 2.86. The van der Waals surface area contributed by atoms with E-state index in [1.807, 2.05) is 13.8 Å². The van der Waals surface area contributed by atoms with Crippen LogP contribution in [0.4, 0.5) is 0 Å². The van der Waals surface area contributed by atoms with Crippen LogP contribution in [0.1, 0.15) is 13.8 Å². The van der Waals surface area contributed by atoms with Crippen molar-refractivity contribution in [2.45, 2.75) is 20.5 Å². The number of halogens is 1. The molecule has 0 bridgehead atoms. The Bertz CT molecular complexity index is 550. The number of hydrogen-bond donors (Lipinski definition) is 0. The molecule has 0 N–H and O–H groups in total. The van der Waals surface area contributed by atoms with Gasteiger partial charge in [-0.2, -0.15) is 22.1 Å². The fraction of sp³-hybridized carbons (Fsp3) is 0.750. The fourth-order valence-corrected chi connectivity index (χ4v) is 4.20. The van der Waals surface area contributed by atoms with Crippen LogP contribution in [-0.2, 0) is 16.9 Å². The first-order valence-electron chi connectivity index (χ1n) is 7.13. The third-order valence-electron chi connectivity index (χ3n) is 3.64. The highest BCUT2D eigenvalue weighted by molar-refractivity contribution is 7.86. The summed E-state index contributed by atoms with van der Waals surface area (Å²) in [4.78, 5) is 2.16. The van der Waals surface area contributed by atoms with Crippen molar-refractivity contribution < 1.29 is 8.42 Å². The topological polar surface area (TPSA) is 61.7 Å². The molecule has 0 atom stereocenters. The van der Waals surface area contributed by atoms with E-state index < -0.39 is 10.2 Å². The lowest BCUT2D eigenvalue weighted by atomic mass is 10.4. The first kappa shape index (κ1) is 16.7. The van der Waals surface area contributed by atoms with Crippen molar-refractivity contribution in [3.05, 3.63) is 17.4 Å². The van der Waals surface area contributed by atoms with Crippen LogP contribution in [-0.4, -0.2) is 71.0 Å². The number of nitrogens with zero attached hydrogens (tertiary/aromatic N) is 5. The van der Waals surface area contributed by atoms with Crippen molar-refractivity contribution in [1.29, 1.82) is 0 Å². The van der Waals surface area contributed by atoms with Crippen LogP contribution in [0.25, 0.3) is 0 Å². The molecule has 1 aromatic rings. The quantitative estimate of drug-likeness (QED) is 0.767. The summed E-state index contributed by atoms with van der Waals surface area (Å²) < 4.78 is 29.6. The van der Waals surface area contributed by atoms with Crippen molar-refractivity contribution in [3.63, 3.8) is 0 Å². The van der Waals surface area contributed by atoms with Crippen LogP contribution >= 0.6 is 11.6 Å². The number of piperazine rings is 1. The molecular formula is C12H22ClN5O2S. The van der Waals surface area contributed by atoms with Gasteiger partial charge >= 0.3 is 0 Å². The van der Waals surface area contributed by atoms with E-state index in [4.69, 9.17) is 11.6 Å². The summed E-state index contributed by atoms with van der Waals surface area (Å²) in [6.07, 6.45) is 3.36. The summed E-state index contributed by atoms with van der Waals surface area (Å²) in [5.41, 5.74) is 0. The van der Waals surface area contributed by atoms with Crippen LogP contribution in [0.2, 0.25) is 5.02 Å². The second-order valence-corrected chi connectivity index (χ2v) is 7.31. The third-order valence-corrected chi connectivity index (χ3v) is 6.02. The van der Waals surface area contributed by atoms with Crippen molar-refractivity contribution in [3.8, 4) is 0 Å². The van der Waals surface area contributed by atoms with Gasteiger partial charge in [0.1, 0.15) is 0 Å². The summed E-state index contributed by atoms with van der Waals surface area (Å²) in [5, 5.41) is 4.74. The molecule has 7 nitrogen and oxygen atoms in total. The molecule has 120 valence electrons. The minimum atomic E-state index is -3.32.